The molecule has 0 bridgehead atoms. The molecule has 0 saturated carbocycles. The predicted octanol–water partition coefficient (Wildman–Crippen LogP) is 2.53. The molecule has 1 atom stereocenters. The first-order valence-electron chi connectivity index (χ1n) is 4.49. The summed E-state index contributed by atoms with van der Waals surface area (Å²) >= 11 is 4.37. The third kappa shape index (κ3) is 2.48. The lowest BCUT2D eigenvalue weighted by atomic mass is 10.0. The monoisotopic (exact) mass is 195 g/mol. The van der Waals surface area contributed by atoms with E-state index < -0.39 is 0 Å². The van der Waals surface area contributed by atoms with Crippen LogP contribution in [-0.4, -0.2) is 24.7 Å². The summed E-state index contributed by atoms with van der Waals surface area (Å²) in [6, 6.07) is 8.90. The van der Waals surface area contributed by atoms with Gasteiger partial charge in [0.15, 0.2) is 0 Å². The van der Waals surface area contributed by atoms with Crippen molar-refractivity contribution in [1.82, 2.24) is 4.90 Å². The number of hydrogen-bond donors (Lipinski definition) is 1. The summed E-state index contributed by atoms with van der Waals surface area (Å²) in [6.07, 6.45) is 0. The van der Waals surface area contributed by atoms with E-state index >= 15 is 0 Å². The lowest BCUT2D eigenvalue weighted by molar-refractivity contribution is 0.325. The summed E-state index contributed by atoms with van der Waals surface area (Å²) in [5, 5.41) is 0. The van der Waals surface area contributed by atoms with Gasteiger partial charge in [-0.3, -0.25) is 0 Å². The normalized spacial score (nSPS) is 13.3. The van der Waals surface area contributed by atoms with Crippen molar-refractivity contribution >= 4 is 12.6 Å². The van der Waals surface area contributed by atoms with E-state index in [9.17, 15) is 0 Å². The number of benzene rings is 1. The Bertz CT molecular complexity index is 271. The predicted molar refractivity (Wildman–Crippen MR) is 61.5 cm³/mol. The number of thiol groups is 1. The molecule has 0 spiro atoms. The second-order valence-electron chi connectivity index (χ2n) is 3.52. The average Bonchev–Trinajstić information content (AvgIpc) is 2.09. The zero-order chi connectivity index (χ0) is 9.84. The Labute approximate surface area is 86.2 Å². The van der Waals surface area contributed by atoms with Crippen molar-refractivity contribution in [3.63, 3.8) is 0 Å². The van der Waals surface area contributed by atoms with Crippen molar-refractivity contribution in [2.75, 3.05) is 19.8 Å². The van der Waals surface area contributed by atoms with Crippen molar-refractivity contribution in [2.45, 2.75) is 13.0 Å². The van der Waals surface area contributed by atoms with E-state index in [0.29, 0.717) is 6.04 Å². The molecule has 2 heteroatoms. The Balaban J connectivity index is 2.97. The number of aryl methyl sites for hydroxylation is 1. The summed E-state index contributed by atoms with van der Waals surface area (Å²) in [6.45, 7) is 2.15. The summed E-state index contributed by atoms with van der Waals surface area (Å²) < 4.78 is 0. The molecule has 0 aliphatic carbocycles. The second kappa shape index (κ2) is 4.68. The molecule has 1 nitrogen and oxygen atoms in total. The van der Waals surface area contributed by atoms with Gasteiger partial charge in [-0.1, -0.05) is 24.3 Å². The van der Waals surface area contributed by atoms with Crippen molar-refractivity contribution in [2.24, 2.45) is 0 Å². The van der Waals surface area contributed by atoms with Gasteiger partial charge in [0.05, 0.1) is 0 Å². The van der Waals surface area contributed by atoms with Gasteiger partial charge < -0.3 is 4.90 Å². The molecule has 0 fully saturated rings. The van der Waals surface area contributed by atoms with E-state index in [0.717, 1.165) is 5.75 Å². The van der Waals surface area contributed by atoms with Gasteiger partial charge in [-0.2, -0.15) is 12.6 Å². The Kier molecular flexibility index (Phi) is 3.82. The summed E-state index contributed by atoms with van der Waals surface area (Å²) in [7, 11) is 4.18. The van der Waals surface area contributed by atoms with Crippen LogP contribution in [0.15, 0.2) is 24.3 Å². The Morgan fingerprint density at radius 3 is 2.38 bits per heavy atom. The maximum absolute atomic E-state index is 4.37. The highest BCUT2D eigenvalue weighted by Crippen LogP contribution is 2.22. The number of nitrogens with zero attached hydrogens (tertiary/aromatic N) is 1. The molecule has 1 aromatic carbocycles. The highest BCUT2D eigenvalue weighted by atomic mass is 32.1. The largest absolute Gasteiger partial charge is 0.302 e. The fraction of sp³-hybridized carbons (Fsp3) is 0.455. The molecule has 72 valence electrons. The van der Waals surface area contributed by atoms with E-state index in [1.807, 2.05) is 0 Å². The van der Waals surface area contributed by atoms with Crippen molar-refractivity contribution in [3.05, 3.63) is 35.4 Å². The molecule has 0 aliphatic heterocycles. The van der Waals surface area contributed by atoms with E-state index in [4.69, 9.17) is 0 Å². The van der Waals surface area contributed by atoms with Crippen LogP contribution in [0.4, 0.5) is 0 Å². The topological polar surface area (TPSA) is 3.24 Å². The summed E-state index contributed by atoms with van der Waals surface area (Å²) in [5.74, 6) is 0.859. The third-order valence-corrected chi connectivity index (χ3v) is 2.69. The molecule has 1 rings (SSSR count). The molecular formula is C11H17NS. The van der Waals surface area contributed by atoms with Gasteiger partial charge in [0.1, 0.15) is 0 Å². The maximum Gasteiger partial charge on any atom is 0.0432 e. The van der Waals surface area contributed by atoms with Crippen molar-refractivity contribution in [3.8, 4) is 0 Å². The minimum absolute atomic E-state index is 0.421. The fourth-order valence-corrected chi connectivity index (χ4v) is 2.02. The van der Waals surface area contributed by atoms with Crippen molar-refractivity contribution < 1.29 is 0 Å². The molecule has 0 amide bonds. The van der Waals surface area contributed by atoms with E-state index in [1.165, 1.54) is 11.1 Å². The molecule has 1 unspecified atom stereocenters. The van der Waals surface area contributed by atoms with Gasteiger partial charge >= 0.3 is 0 Å². The van der Waals surface area contributed by atoms with Crippen LogP contribution in [0.5, 0.6) is 0 Å². The van der Waals surface area contributed by atoms with Crippen LogP contribution in [0.1, 0.15) is 17.2 Å². The van der Waals surface area contributed by atoms with Crippen LogP contribution in [0.2, 0.25) is 0 Å². The van der Waals surface area contributed by atoms with Crippen LogP contribution < -0.4 is 0 Å². The van der Waals surface area contributed by atoms with Gasteiger partial charge in [0.25, 0.3) is 0 Å². The van der Waals surface area contributed by atoms with Gasteiger partial charge in [0, 0.05) is 11.8 Å². The molecular weight excluding hydrogens is 178 g/mol. The highest BCUT2D eigenvalue weighted by Gasteiger charge is 2.13. The first-order valence-corrected chi connectivity index (χ1v) is 5.13. The summed E-state index contributed by atoms with van der Waals surface area (Å²) in [4.78, 5) is 2.20. The van der Waals surface area contributed by atoms with Crippen LogP contribution in [0.3, 0.4) is 0 Å². The molecule has 0 saturated heterocycles. The first kappa shape index (κ1) is 10.6. The third-order valence-electron chi connectivity index (χ3n) is 2.34. The smallest absolute Gasteiger partial charge is 0.0432 e. The SMILES string of the molecule is Cc1ccccc1C(CS)N(C)C. The average molecular weight is 195 g/mol. The van der Waals surface area contributed by atoms with Crippen LogP contribution in [0, 0.1) is 6.92 Å². The van der Waals surface area contributed by atoms with Crippen LogP contribution in [-0.2, 0) is 0 Å². The van der Waals surface area contributed by atoms with Gasteiger partial charge in [-0.25, -0.2) is 0 Å². The van der Waals surface area contributed by atoms with Gasteiger partial charge in [-0.15, -0.1) is 0 Å². The standard InChI is InChI=1S/C11H17NS/c1-9-6-4-5-7-10(9)11(8-13)12(2)3/h4-7,11,13H,8H2,1-3H3. The molecule has 0 radical (unpaired) electrons. The Hall–Kier alpha value is -0.470. The molecule has 0 heterocycles. The summed E-state index contributed by atoms with van der Waals surface area (Å²) in [5.41, 5.74) is 2.72. The fourth-order valence-electron chi connectivity index (χ4n) is 1.50. The minimum atomic E-state index is 0.421. The molecule has 1 aromatic rings. The van der Waals surface area contributed by atoms with Gasteiger partial charge in [0.2, 0.25) is 0 Å². The first-order chi connectivity index (χ1) is 6.16. The van der Waals surface area contributed by atoms with E-state index in [1.54, 1.807) is 0 Å². The van der Waals surface area contributed by atoms with E-state index in [-0.39, 0.29) is 0 Å². The Morgan fingerprint density at radius 1 is 1.31 bits per heavy atom. The number of hydrogen-bond acceptors (Lipinski definition) is 2. The van der Waals surface area contributed by atoms with Crippen LogP contribution in [0.25, 0.3) is 0 Å². The number of rotatable bonds is 3. The zero-order valence-electron chi connectivity index (χ0n) is 8.49. The molecule has 13 heavy (non-hydrogen) atoms. The van der Waals surface area contributed by atoms with E-state index in [2.05, 4.69) is 62.8 Å². The van der Waals surface area contributed by atoms with Crippen LogP contribution >= 0.6 is 12.6 Å². The Morgan fingerprint density at radius 2 is 1.92 bits per heavy atom. The second-order valence-corrected chi connectivity index (χ2v) is 3.88. The lowest BCUT2D eigenvalue weighted by Gasteiger charge is -2.24. The maximum atomic E-state index is 4.37. The molecule has 0 aliphatic rings. The van der Waals surface area contributed by atoms with Crippen molar-refractivity contribution in [1.29, 1.82) is 0 Å². The highest BCUT2D eigenvalue weighted by molar-refractivity contribution is 7.80. The quantitative estimate of drug-likeness (QED) is 0.725. The zero-order valence-corrected chi connectivity index (χ0v) is 9.38. The minimum Gasteiger partial charge on any atom is -0.302 e. The lowest BCUT2D eigenvalue weighted by Crippen LogP contribution is -2.22. The molecule has 0 N–H and O–H groups in total. The molecule has 0 aromatic heterocycles. The van der Waals surface area contributed by atoms with Gasteiger partial charge in [-0.05, 0) is 32.1 Å².